The van der Waals surface area contributed by atoms with E-state index in [9.17, 15) is 4.79 Å². The molecule has 15 heavy (non-hydrogen) atoms. The smallest absolute Gasteiger partial charge is 0.266 e. The fraction of sp³-hybridized carbons (Fsp3) is 0.600. The van der Waals surface area contributed by atoms with Gasteiger partial charge in [-0.15, -0.1) is 0 Å². The molecule has 0 fully saturated rings. The Balaban J connectivity index is 2.97. The van der Waals surface area contributed by atoms with Crippen molar-refractivity contribution in [1.82, 2.24) is 9.97 Å². The number of aromatic nitrogens is 2. The van der Waals surface area contributed by atoms with E-state index in [2.05, 4.69) is 30.7 Å². The minimum Gasteiger partial charge on any atom is -0.358 e. The summed E-state index contributed by atoms with van der Waals surface area (Å²) in [6.45, 7) is 7.33. The summed E-state index contributed by atoms with van der Waals surface area (Å²) in [5.41, 5.74) is 0.101. The van der Waals surface area contributed by atoms with E-state index in [-0.39, 0.29) is 11.0 Å². The Kier molecular flexibility index (Phi) is 3.75. The number of hydrogen-bond acceptors (Lipinski definition) is 3. The number of rotatable bonds is 2. The van der Waals surface area contributed by atoms with Crippen molar-refractivity contribution >= 4 is 28.4 Å². The lowest BCUT2D eigenvalue weighted by atomic mass is 9.96. The molecule has 0 aliphatic rings. The van der Waals surface area contributed by atoms with Gasteiger partial charge in [0, 0.05) is 13.6 Å². The summed E-state index contributed by atoms with van der Waals surface area (Å²) in [5, 5.41) is 0. The topological polar surface area (TPSA) is 49.0 Å². The predicted octanol–water partition coefficient (Wildman–Crippen LogP) is 1.86. The highest BCUT2D eigenvalue weighted by atomic mass is 127. The van der Waals surface area contributed by atoms with Gasteiger partial charge in [0.15, 0.2) is 0 Å². The molecular formula is C10H16IN3O. The zero-order valence-electron chi connectivity index (χ0n) is 9.47. The fourth-order valence-electron chi connectivity index (χ4n) is 1.43. The first-order valence-electron chi connectivity index (χ1n) is 4.75. The van der Waals surface area contributed by atoms with Crippen LogP contribution in [0.3, 0.4) is 0 Å². The minimum absolute atomic E-state index is 0.0821. The summed E-state index contributed by atoms with van der Waals surface area (Å²) >= 11 is 2.02. The zero-order chi connectivity index (χ0) is 11.6. The Morgan fingerprint density at radius 1 is 1.53 bits per heavy atom. The number of nitrogens with one attached hydrogen (secondary N) is 1. The largest absolute Gasteiger partial charge is 0.358 e. The highest BCUT2D eigenvalue weighted by molar-refractivity contribution is 14.1. The lowest BCUT2D eigenvalue weighted by molar-refractivity contribution is 0.417. The summed E-state index contributed by atoms with van der Waals surface area (Å²) in [6.07, 6.45) is 1.44. The van der Waals surface area contributed by atoms with Crippen LogP contribution in [-0.4, -0.2) is 23.6 Å². The van der Waals surface area contributed by atoms with Gasteiger partial charge in [0.1, 0.15) is 9.39 Å². The normalized spacial score (nSPS) is 11.5. The SMILES string of the molecule is CN(CC(C)(C)C)c1nc[nH]c(=O)c1I. The molecular weight excluding hydrogens is 305 g/mol. The minimum atomic E-state index is -0.0821. The van der Waals surface area contributed by atoms with Crippen LogP contribution in [0, 0.1) is 8.99 Å². The lowest BCUT2D eigenvalue weighted by Gasteiger charge is -2.27. The van der Waals surface area contributed by atoms with Crippen molar-refractivity contribution < 1.29 is 0 Å². The van der Waals surface area contributed by atoms with Crippen LogP contribution < -0.4 is 10.5 Å². The zero-order valence-corrected chi connectivity index (χ0v) is 11.6. The van der Waals surface area contributed by atoms with E-state index < -0.39 is 0 Å². The molecule has 0 bridgehead atoms. The van der Waals surface area contributed by atoms with Gasteiger partial charge >= 0.3 is 0 Å². The molecule has 1 heterocycles. The van der Waals surface area contributed by atoms with Crippen LogP contribution in [0.5, 0.6) is 0 Å². The summed E-state index contributed by atoms with van der Waals surface area (Å²) in [4.78, 5) is 20.1. The van der Waals surface area contributed by atoms with E-state index in [1.165, 1.54) is 6.33 Å². The molecule has 5 heteroatoms. The molecule has 0 amide bonds. The van der Waals surface area contributed by atoms with Crippen LogP contribution >= 0.6 is 22.6 Å². The van der Waals surface area contributed by atoms with Crippen LogP contribution in [0.4, 0.5) is 5.82 Å². The van der Waals surface area contributed by atoms with Gasteiger partial charge in [-0.25, -0.2) is 4.98 Å². The molecule has 0 atom stereocenters. The standard InChI is InChI=1S/C10H16IN3O/c1-10(2,3)5-14(4)8-7(11)9(15)13-6-12-8/h6H,5H2,1-4H3,(H,12,13,15). The van der Waals surface area contributed by atoms with Crippen LogP contribution in [0.1, 0.15) is 20.8 Å². The summed E-state index contributed by atoms with van der Waals surface area (Å²) in [6, 6.07) is 0. The van der Waals surface area contributed by atoms with Gasteiger partial charge in [-0.2, -0.15) is 0 Å². The molecule has 1 N–H and O–H groups in total. The van der Waals surface area contributed by atoms with Gasteiger partial charge in [-0.3, -0.25) is 4.79 Å². The van der Waals surface area contributed by atoms with Crippen molar-refractivity contribution in [2.75, 3.05) is 18.5 Å². The van der Waals surface area contributed by atoms with E-state index >= 15 is 0 Å². The van der Waals surface area contributed by atoms with E-state index in [0.29, 0.717) is 3.57 Å². The Hall–Kier alpha value is -0.590. The van der Waals surface area contributed by atoms with Crippen molar-refractivity contribution in [3.05, 3.63) is 20.3 Å². The molecule has 1 aromatic heterocycles. The molecule has 0 aromatic carbocycles. The maximum absolute atomic E-state index is 11.4. The maximum Gasteiger partial charge on any atom is 0.266 e. The maximum atomic E-state index is 11.4. The Morgan fingerprint density at radius 2 is 2.13 bits per heavy atom. The quantitative estimate of drug-likeness (QED) is 0.846. The number of anilines is 1. The van der Waals surface area contributed by atoms with Crippen LogP contribution in [0.25, 0.3) is 0 Å². The monoisotopic (exact) mass is 321 g/mol. The van der Waals surface area contributed by atoms with Gasteiger partial charge in [0.2, 0.25) is 0 Å². The third-order valence-electron chi connectivity index (χ3n) is 1.85. The van der Waals surface area contributed by atoms with Crippen LogP contribution in [0.15, 0.2) is 11.1 Å². The highest BCUT2D eigenvalue weighted by Gasteiger charge is 2.17. The number of halogens is 1. The first-order chi connectivity index (χ1) is 6.81. The lowest BCUT2D eigenvalue weighted by Crippen LogP contribution is -2.31. The van der Waals surface area contributed by atoms with Crippen LogP contribution in [0.2, 0.25) is 0 Å². The molecule has 1 rings (SSSR count). The van der Waals surface area contributed by atoms with Gasteiger partial charge in [-0.05, 0) is 28.0 Å². The second-order valence-corrected chi connectivity index (χ2v) is 5.86. The van der Waals surface area contributed by atoms with Crippen molar-refractivity contribution in [1.29, 1.82) is 0 Å². The van der Waals surface area contributed by atoms with E-state index in [1.807, 2.05) is 34.5 Å². The van der Waals surface area contributed by atoms with Crippen molar-refractivity contribution in [3.8, 4) is 0 Å². The van der Waals surface area contributed by atoms with E-state index in [0.717, 1.165) is 12.4 Å². The van der Waals surface area contributed by atoms with E-state index in [4.69, 9.17) is 0 Å². The number of H-pyrrole nitrogens is 1. The fourth-order valence-corrected chi connectivity index (χ4v) is 2.13. The second-order valence-electron chi connectivity index (χ2n) is 4.79. The molecule has 0 unspecified atom stereocenters. The molecule has 0 saturated carbocycles. The van der Waals surface area contributed by atoms with Crippen LogP contribution in [-0.2, 0) is 0 Å². The van der Waals surface area contributed by atoms with Crippen molar-refractivity contribution in [2.24, 2.45) is 5.41 Å². The third-order valence-corrected chi connectivity index (χ3v) is 2.82. The third kappa shape index (κ3) is 3.48. The van der Waals surface area contributed by atoms with Gasteiger partial charge in [-0.1, -0.05) is 20.8 Å². The molecule has 0 saturated heterocycles. The van der Waals surface area contributed by atoms with Gasteiger partial charge in [0.25, 0.3) is 5.56 Å². The molecule has 0 spiro atoms. The average molecular weight is 321 g/mol. The molecule has 84 valence electrons. The first-order valence-corrected chi connectivity index (χ1v) is 5.83. The second kappa shape index (κ2) is 4.51. The predicted molar refractivity (Wildman–Crippen MR) is 70.3 cm³/mol. The van der Waals surface area contributed by atoms with Crippen molar-refractivity contribution in [3.63, 3.8) is 0 Å². The Morgan fingerprint density at radius 3 is 2.67 bits per heavy atom. The number of aromatic amines is 1. The average Bonchev–Trinajstić information content (AvgIpc) is 2.06. The number of nitrogens with zero attached hydrogens (tertiary/aromatic N) is 2. The number of hydrogen-bond donors (Lipinski definition) is 1. The summed E-state index contributed by atoms with van der Waals surface area (Å²) < 4.78 is 0.641. The van der Waals surface area contributed by atoms with E-state index in [1.54, 1.807) is 0 Å². The first kappa shape index (κ1) is 12.5. The summed E-state index contributed by atoms with van der Waals surface area (Å²) in [7, 11) is 1.95. The molecule has 0 aliphatic heterocycles. The highest BCUT2D eigenvalue weighted by Crippen LogP contribution is 2.20. The molecule has 1 aromatic rings. The molecule has 0 aliphatic carbocycles. The van der Waals surface area contributed by atoms with Crippen molar-refractivity contribution in [2.45, 2.75) is 20.8 Å². The Labute approximate surface area is 103 Å². The summed E-state index contributed by atoms with van der Waals surface area (Å²) in [5.74, 6) is 0.745. The molecule has 4 nitrogen and oxygen atoms in total. The van der Waals surface area contributed by atoms with Gasteiger partial charge in [0.05, 0.1) is 6.33 Å². The molecule has 0 radical (unpaired) electrons. The Bertz CT molecular complexity index is 394. The van der Waals surface area contributed by atoms with Gasteiger partial charge < -0.3 is 9.88 Å².